The average Bonchev–Trinajstić information content (AvgIpc) is 2.32. The molecule has 0 aliphatic heterocycles. The van der Waals surface area contributed by atoms with Crippen LogP contribution < -0.4 is 0 Å². The van der Waals surface area contributed by atoms with Gasteiger partial charge in [0.15, 0.2) is 0 Å². The molecule has 0 aromatic heterocycles. The van der Waals surface area contributed by atoms with E-state index in [4.69, 9.17) is 10.2 Å². The number of aryl methyl sites for hydroxylation is 2. The molecule has 0 bridgehead atoms. The van der Waals surface area contributed by atoms with Crippen molar-refractivity contribution in [2.75, 3.05) is 13.2 Å². The van der Waals surface area contributed by atoms with Crippen LogP contribution >= 0.6 is 0 Å². The Morgan fingerprint density at radius 3 is 1.61 bits per heavy atom. The Morgan fingerprint density at radius 2 is 1.28 bits per heavy atom. The lowest BCUT2D eigenvalue weighted by Crippen LogP contribution is -2.12. The fraction of sp³-hybridized carbons (Fsp3) is 0.625. The second-order valence-electron chi connectivity index (χ2n) is 5.94. The largest absolute Gasteiger partial charge is 0.396 e. The van der Waals surface area contributed by atoms with Crippen LogP contribution in [0.1, 0.15) is 50.3 Å². The molecule has 0 amide bonds. The number of aliphatic hydroxyl groups excluding tert-OH is 2. The van der Waals surface area contributed by atoms with Gasteiger partial charge < -0.3 is 10.2 Å². The van der Waals surface area contributed by atoms with Crippen molar-refractivity contribution in [3.63, 3.8) is 0 Å². The third-order valence-corrected chi connectivity index (χ3v) is 3.17. The van der Waals surface area contributed by atoms with E-state index in [0.717, 1.165) is 25.7 Å². The third-order valence-electron chi connectivity index (χ3n) is 3.17. The minimum Gasteiger partial charge on any atom is -0.396 e. The second-order valence-corrected chi connectivity index (χ2v) is 5.94. The van der Waals surface area contributed by atoms with Gasteiger partial charge in [-0.15, -0.1) is 0 Å². The van der Waals surface area contributed by atoms with Crippen molar-refractivity contribution in [3.05, 3.63) is 34.9 Å². The second kappa shape index (κ2) is 6.91. The molecule has 0 spiro atoms. The molecule has 0 radical (unpaired) electrons. The van der Waals surface area contributed by atoms with Gasteiger partial charge in [0.2, 0.25) is 0 Å². The van der Waals surface area contributed by atoms with Gasteiger partial charge in [-0.1, -0.05) is 39.0 Å². The summed E-state index contributed by atoms with van der Waals surface area (Å²) in [4.78, 5) is 0. The van der Waals surface area contributed by atoms with Crippen molar-refractivity contribution in [1.29, 1.82) is 0 Å². The molecule has 0 saturated heterocycles. The lowest BCUT2D eigenvalue weighted by Gasteiger charge is -2.21. The van der Waals surface area contributed by atoms with Crippen molar-refractivity contribution >= 4 is 0 Å². The smallest absolute Gasteiger partial charge is 0.0434 e. The van der Waals surface area contributed by atoms with E-state index in [1.54, 1.807) is 0 Å². The molecule has 1 aromatic carbocycles. The highest BCUT2D eigenvalue weighted by Crippen LogP contribution is 2.25. The molecule has 102 valence electrons. The first-order valence-electron chi connectivity index (χ1n) is 6.82. The zero-order chi connectivity index (χ0) is 13.6. The Balaban J connectivity index is 2.96. The summed E-state index contributed by atoms with van der Waals surface area (Å²) in [6, 6.07) is 6.71. The summed E-state index contributed by atoms with van der Waals surface area (Å²) in [5, 5.41) is 17.9. The van der Waals surface area contributed by atoms with Gasteiger partial charge in [0.05, 0.1) is 0 Å². The molecule has 0 unspecified atom stereocenters. The van der Waals surface area contributed by atoms with Crippen molar-refractivity contribution in [2.24, 2.45) is 0 Å². The molecule has 1 aromatic rings. The lowest BCUT2D eigenvalue weighted by atomic mass is 9.84. The minimum absolute atomic E-state index is 0.142. The summed E-state index contributed by atoms with van der Waals surface area (Å²) >= 11 is 0. The summed E-state index contributed by atoms with van der Waals surface area (Å²) in [6.45, 7) is 7.13. The summed E-state index contributed by atoms with van der Waals surface area (Å²) < 4.78 is 0. The maximum Gasteiger partial charge on any atom is 0.0434 e. The summed E-state index contributed by atoms with van der Waals surface area (Å²) in [7, 11) is 0. The Labute approximate surface area is 111 Å². The van der Waals surface area contributed by atoms with Crippen LogP contribution in [0, 0.1) is 0 Å². The predicted molar refractivity (Wildman–Crippen MR) is 76.0 cm³/mol. The van der Waals surface area contributed by atoms with E-state index in [1.165, 1.54) is 16.7 Å². The molecule has 2 nitrogen and oxygen atoms in total. The average molecular weight is 250 g/mol. The maximum atomic E-state index is 8.93. The summed E-state index contributed by atoms with van der Waals surface area (Å²) in [5.41, 5.74) is 4.07. The fourth-order valence-electron chi connectivity index (χ4n) is 2.05. The minimum atomic E-state index is 0.142. The van der Waals surface area contributed by atoms with E-state index in [0.29, 0.717) is 0 Å². The molecular formula is C16H26O2. The van der Waals surface area contributed by atoms with Crippen LogP contribution in [0.4, 0.5) is 0 Å². The van der Waals surface area contributed by atoms with Gasteiger partial charge in [0.25, 0.3) is 0 Å². The molecule has 18 heavy (non-hydrogen) atoms. The molecule has 2 N–H and O–H groups in total. The van der Waals surface area contributed by atoms with E-state index in [9.17, 15) is 0 Å². The van der Waals surface area contributed by atoms with Gasteiger partial charge in [0.1, 0.15) is 0 Å². The van der Waals surface area contributed by atoms with Crippen LogP contribution in [-0.2, 0) is 18.3 Å². The number of hydrogen-bond acceptors (Lipinski definition) is 2. The fourth-order valence-corrected chi connectivity index (χ4v) is 2.05. The SMILES string of the molecule is CC(C)(C)c1cc(CCCO)cc(CCCO)c1. The van der Waals surface area contributed by atoms with Gasteiger partial charge in [0, 0.05) is 13.2 Å². The highest BCUT2D eigenvalue weighted by atomic mass is 16.3. The highest BCUT2D eigenvalue weighted by Gasteiger charge is 2.15. The molecule has 0 atom stereocenters. The zero-order valence-electron chi connectivity index (χ0n) is 11.9. The lowest BCUT2D eigenvalue weighted by molar-refractivity contribution is 0.288. The van der Waals surface area contributed by atoms with Crippen LogP contribution in [0.15, 0.2) is 18.2 Å². The Bertz CT molecular complexity index is 338. The van der Waals surface area contributed by atoms with Crippen LogP contribution in [0.5, 0.6) is 0 Å². The Kier molecular flexibility index (Phi) is 5.83. The van der Waals surface area contributed by atoms with E-state index < -0.39 is 0 Å². The van der Waals surface area contributed by atoms with Gasteiger partial charge >= 0.3 is 0 Å². The first-order chi connectivity index (χ1) is 8.47. The highest BCUT2D eigenvalue weighted by molar-refractivity contribution is 5.34. The van der Waals surface area contributed by atoms with Crippen LogP contribution in [-0.4, -0.2) is 23.4 Å². The van der Waals surface area contributed by atoms with E-state index in [1.807, 2.05) is 0 Å². The predicted octanol–water partition coefficient (Wildman–Crippen LogP) is 2.83. The molecule has 0 aliphatic carbocycles. The molecular weight excluding hydrogens is 224 g/mol. The first-order valence-corrected chi connectivity index (χ1v) is 6.82. The Morgan fingerprint density at radius 1 is 0.833 bits per heavy atom. The van der Waals surface area contributed by atoms with E-state index in [-0.39, 0.29) is 18.6 Å². The normalized spacial score (nSPS) is 11.8. The summed E-state index contributed by atoms with van der Waals surface area (Å²) in [5.74, 6) is 0. The monoisotopic (exact) mass is 250 g/mol. The molecule has 2 heteroatoms. The van der Waals surface area contributed by atoms with Crippen molar-refractivity contribution in [2.45, 2.75) is 51.9 Å². The molecule has 0 heterocycles. The number of rotatable bonds is 6. The maximum absolute atomic E-state index is 8.93. The van der Waals surface area contributed by atoms with Crippen molar-refractivity contribution < 1.29 is 10.2 Å². The summed E-state index contributed by atoms with van der Waals surface area (Å²) in [6.07, 6.45) is 3.47. The zero-order valence-corrected chi connectivity index (χ0v) is 11.9. The molecule has 0 aliphatic rings. The van der Waals surface area contributed by atoms with Crippen LogP contribution in [0.25, 0.3) is 0 Å². The van der Waals surface area contributed by atoms with Gasteiger partial charge in [-0.2, -0.15) is 0 Å². The Hall–Kier alpha value is -0.860. The topological polar surface area (TPSA) is 40.5 Å². The molecule has 0 saturated carbocycles. The number of benzene rings is 1. The van der Waals surface area contributed by atoms with Gasteiger partial charge in [-0.3, -0.25) is 0 Å². The van der Waals surface area contributed by atoms with Gasteiger partial charge in [-0.05, 0) is 47.8 Å². The van der Waals surface area contributed by atoms with Crippen molar-refractivity contribution in [1.82, 2.24) is 0 Å². The van der Waals surface area contributed by atoms with Crippen LogP contribution in [0.3, 0.4) is 0 Å². The molecule has 1 rings (SSSR count). The number of aliphatic hydroxyl groups is 2. The quantitative estimate of drug-likeness (QED) is 0.815. The van der Waals surface area contributed by atoms with E-state index >= 15 is 0 Å². The first kappa shape index (κ1) is 15.2. The molecule has 0 fully saturated rings. The third kappa shape index (κ3) is 4.79. The van der Waals surface area contributed by atoms with Crippen LogP contribution in [0.2, 0.25) is 0 Å². The number of hydrogen-bond donors (Lipinski definition) is 2. The van der Waals surface area contributed by atoms with E-state index in [2.05, 4.69) is 39.0 Å². The standard InChI is InChI=1S/C16H26O2/c1-16(2,3)15-11-13(6-4-8-17)10-14(12-15)7-5-9-18/h10-12,17-18H,4-9H2,1-3H3. The van der Waals surface area contributed by atoms with Gasteiger partial charge in [-0.25, -0.2) is 0 Å². The van der Waals surface area contributed by atoms with Crippen molar-refractivity contribution in [3.8, 4) is 0 Å².